The highest BCUT2D eigenvalue weighted by atomic mass is 16.7. The Bertz CT molecular complexity index is 1130. The Morgan fingerprint density at radius 2 is 1.67 bits per heavy atom. The van der Waals surface area contributed by atoms with E-state index in [1.807, 2.05) is 6.92 Å². The summed E-state index contributed by atoms with van der Waals surface area (Å²) in [5.74, 6) is 0.129. The van der Waals surface area contributed by atoms with Crippen molar-refractivity contribution in [1.29, 1.82) is 0 Å². The van der Waals surface area contributed by atoms with Crippen LogP contribution in [0.15, 0.2) is 11.6 Å². The number of carboxylic acid groups (broad SMARTS) is 1. The third kappa shape index (κ3) is 5.06. The minimum Gasteiger partial charge on any atom is -0.481 e. The quantitative estimate of drug-likeness (QED) is 0.228. The summed E-state index contributed by atoms with van der Waals surface area (Å²) < 4.78 is 12.0. The van der Waals surface area contributed by atoms with Gasteiger partial charge in [0.2, 0.25) is 0 Å². The van der Waals surface area contributed by atoms with Gasteiger partial charge >= 0.3 is 5.97 Å². The fraction of sp³-hybridized carbons (Fsp3) is 0.886. The summed E-state index contributed by atoms with van der Waals surface area (Å²) in [7, 11) is 0. The van der Waals surface area contributed by atoms with Gasteiger partial charge in [-0.25, -0.2) is 0 Å². The molecule has 4 aliphatic carbocycles. The van der Waals surface area contributed by atoms with Crippen LogP contribution in [-0.4, -0.2) is 69.5 Å². The van der Waals surface area contributed by atoms with Crippen molar-refractivity contribution in [3.8, 4) is 0 Å². The molecule has 12 atom stereocenters. The lowest BCUT2D eigenvalue weighted by Gasteiger charge is -2.70. The monoisotopic (exact) mass is 604 g/mol. The Morgan fingerprint density at radius 1 is 0.977 bits per heavy atom. The summed E-state index contributed by atoms with van der Waals surface area (Å²) in [5.41, 5.74) is 0.308. The van der Waals surface area contributed by atoms with Crippen molar-refractivity contribution >= 4 is 11.8 Å². The minimum atomic E-state index is -1.29. The van der Waals surface area contributed by atoms with Gasteiger partial charge in [0, 0.05) is 5.92 Å². The second-order valence-electron chi connectivity index (χ2n) is 16.4. The van der Waals surface area contributed by atoms with Gasteiger partial charge in [-0.05, 0) is 105 Å². The van der Waals surface area contributed by atoms with Gasteiger partial charge in [-0.2, -0.15) is 0 Å². The van der Waals surface area contributed by atoms with Crippen molar-refractivity contribution in [3.05, 3.63) is 11.6 Å². The third-order valence-electron chi connectivity index (χ3n) is 14.1. The highest BCUT2D eigenvalue weighted by Gasteiger charge is 2.67. The molecule has 0 radical (unpaired) electrons. The Morgan fingerprint density at radius 3 is 2.33 bits per heavy atom. The molecule has 0 aromatic heterocycles. The zero-order valence-electron chi connectivity index (χ0n) is 27.4. The van der Waals surface area contributed by atoms with Crippen molar-refractivity contribution in [1.82, 2.24) is 0 Å². The summed E-state index contributed by atoms with van der Waals surface area (Å²) in [6.07, 6.45) is 5.81. The fourth-order valence-electron chi connectivity index (χ4n) is 10.8. The van der Waals surface area contributed by atoms with Gasteiger partial charge in [-0.3, -0.25) is 9.59 Å². The zero-order valence-corrected chi connectivity index (χ0v) is 27.4. The van der Waals surface area contributed by atoms with E-state index in [-0.39, 0.29) is 46.1 Å². The number of hydrogen-bond acceptors (Lipinski definition) is 7. The molecule has 0 aromatic rings. The lowest BCUT2D eigenvalue weighted by Crippen LogP contribution is -2.64. The molecule has 5 aliphatic rings. The molecule has 1 saturated heterocycles. The van der Waals surface area contributed by atoms with Crippen molar-refractivity contribution in [2.75, 3.05) is 6.61 Å². The summed E-state index contributed by atoms with van der Waals surface area (Å²) in [4.78, 5) is 24.7. The maximum Gasteiger partial charge on any atom is 0.313 e. The molecule has 8 heteroatoms. The first-order valence-corrected chi connectivity index (χ1v) is 16.7. The SMILES string of the molecule is CC(=O)[C@H](C)CC[C@@]1(C(=O)O)C=C2CC[C@@H]3[C@@]4(C)CC[C@H](O[C@@H]5OC[C@H](O)[C@H](O)[C@H]5O)C(C)(C)[C@@H]4CC[C@@]3(C)[C@@]2(C)CC1. The first-order chi connectivity index (χ1) is 19.9. The predicted molar refractivity (Wildman–Crippen MR) is 162 cm³/mol. The van der Waals surface area contributed by atoms with Crippen LogP contribution in [-0.2, 0) is 19.1 Å². The molecule has 4 N–H and O–H groups in total. The number of fused-ring (bicyclic) bond motifs is 5. The molecule has 0 aromatic carbocycles. The largest absolute Gasteiger partial charge is 0.481 e. The summed E-state index contributed by atoms with van der Waals surface area (Å²) in [6.45, 7) is 15.4. The number of hydrogen-bond donors (Lipinski definition) is 4. The van der Waals surface area contributed by atoms with Crippen LogP contribution in [0.2, 0.25) is 0 Å². The van der Waals surface area contributed by atoms with Crippen molar-refractivity contribution in [3.63, 3.8) is 0 Å². The number of aliphatic hydroxyl groups excluding tert-OH is 3. The Hall–Kier alpha value is -1.32. The Labute approximate surface area is 257 Å². The number of carbonyl (C=O) groups excluding carboxylic acids is 1. The Kier molecular flexibility index (Phi) is 8.60. The number of rotatable bonds is 7. The molecule has 244 valence electrons. The number of carboxylic acids is 1. The number of ether oxygens (including phenoxy) is 2. The lowest BCUT2D eigenvalue weighted by atomic mass is 9.35. The van der Waals surface area contributed by atoms with E-state index < -0.39 is 36.0 Å². The van der Waals surface area contributed by atoms with Crippen LogP contribution < -0.4 is 0 Å². The second kappa shape index (κ2) is 11.2. The number of ketones is 1. The molecule has 1 heterocycles. The minimum absolute atomic E-state index is 0.0480. The maximum absolute atomic E-state index is 12.7. The molecule has 8 nitrogen and oxygen atoms in total. The van der Waals surface area contributed by atoms with E-state index in [2.05, 4.69) is 40.7 Å². The van der Waals surface area contributed by atoms with Gasteiger partial charge in [-0.1, -0.05) is 53.2 Å². The van der Waals surface area contributed by atoms with E-state index in [0.717, 1.165) is 44.9 Å². The van der Waals surface area contributed by atoms with Crippen LogP contribution in [0.4, 0.5) is 0 Å². The number of aliphatic carboxylic acids is 1. The summed E-state index contributed by atoms with van der Waals surface area (Å²) >= 11 is 0. The standard InChI is InChI=1S/C35H56O8/c1-20(21(2)36)10-15-35(30(40)41)17-16-33(6)22(18-35)8-9-25-32(5)13-12-26(31(3,4)24(32)11-14-34(25,33)7)43-29-28(39)27(38)23(37)19-42-29/h18,20,23-29,37-39H,8-17,19H2,1-7H3,(H,40,41)/t20-,23+,24+,25-,26+,27+,28-,29+,32+,33+,34-,35+/m1/s1. The van der Waals surface area contributed by atoms with E-state index >= 15 is 0 Å². The van der Waals surface area contributed by atoms with E-state index in [1.54, 1.807) is 6.92 Å². The zero-order chi connectivity index (χ0) is 31.8. The first-order valence-electron chi connectivity index (χ1n) is 16.7. The maximum atomic E-state index is 12.7. The normalized spacial score (nSPS) is 48.2. The van der Waals surface area contributed by atoms with Gasteiger partial charge in [0.05, 0.1) is 18.1 Å². The predicted octanol–water partition coefficient (Wildman–Crippen LogP) is 5.27. The molecular weight excluding hydrogens is 548 g/mol. The van der Waals surface area contributed by atoms with Crippen molar-refractivity contribution in [2.45, 2.75) is 143 Å². The number of Topliss-reactive ketones (excluding diaryl/α,β-unsaturated/α-hetero) is 1. The van der Waals surface area contributed by atoms with Crippen molar-refractivity contribution < 1.29 is 39.5 Å². The number of aliphatic hydroxyl groups is 3. The first kappa shape index (κ1) is 33.1. The average molecular weight is 605 g/mol. The van der Waals surface area contributed by atoms with Gasteiger partial charge < -0.3 is 29.9 Å². The van der Waals surface area contributed by atoms with Crippen LogP contribution in [0, 0.1) is 44.8 Å². The average Bonchev–Trinajstić information content (AvgIpc) is 2.93. The van der Waals surface area contributed by atoms with Crippen LogP contribution >= 0.6 is 0 Å². The van der Waals surface area contributed by atoms with Gasteiger partial charge in [-0.15, -0.1) is 0 Å². The second-order valence-corrected chi connectivity index (χ2v) is 16.4. The fourth-order valence-corrected chi connectivity index (χ4v) is 10.8. The lowest BCUT2D eigenvalue weighted by molar-refractivity contribution is -0.308. The van der Waals surface area contributed by atoms with Gasteiger partial charge in [0.15, 0.2) is 6.29 Å². The smallest absolute Gasteiger partial charge is 0.313 e. The third-order valence-corrected chi connectivity index (χ3v) is 14.1. The number of carbonyl (C=O) groups is 2. The van der Waals surface area contributed by atoms with Gasteiger partial charge in [0.1, 0.15) is 24.1 Å². The Balaban J connectivity index is 1.38. The van der Waals surface area contributed by atoms with Crippen LogP contribution in [0.5, 0.6) is 0 Å². The molecule has 4 fully saturated rings. The van der Waals surface area contributed by atoms with E-state index in [0.29, 0.717) is 31.1 Å². The molecule has 5 rings (SSSR count). The summed E-state index contributed by atoms with van der Waals surface area (Å²) in [6, 6.07) is 0. The highest BCUT2D eigenvalue weighted by molar-refractivity contribution is 5.79. The molecule has 1 aliphatic heterocycles. The molecule has 3 saturated carbocycles. The van der Waals surface area contributed by atoms with Crippen LogP contribution in [0.3, 0.4) is 0 Å². The molecular formula is C35H56O8. The van der Waals surface area contributed by atoms with E-state index in [4.69, 9.17) is 9.47 Å². The number of allylic oxidation sites excluding steroid dienone is 1. The highest BCUT2D eigenvalue weighted by Crippen LogP contribution is 2.74. The van der Waals surface area contributed by atoms with E-state index in [1.165, 1.54) is 5.57 Å². The van der Waals surface area contributed by atoms with E-state index in [9.17, 15) is 30.0 Å². The van der Waals surface area contributed by atoms with Crippen molar-refractivity contribution in [2.24, 2.45) is 44.8 Å². The molecule has 0 bridgehead atoms. The molecule has 0 unspecified atom stereocenters. The van der Waals surface area contributed by atoms with Crippen LogP contribution in [0.25, 0.3) is 0 Å². The molecule has 0 spiro atoms. The van der Waals surface area contributed by atoms with Crippen LogP contribution in [0.1, 0.15) is 113 Å². The topological polar surface area (TPSA) is 134 Å². The molecule has 0 amide bonds. The molecule has 43 heavy (non-hydrogen) atoms. The summed E-state index contributed by atoms with van der Waals surface area (Å²) in [5, 5.41) is 41.1. The van der Waals surface area contributed by atoms with Gasteiger partial charge in [0.25, 0.3) is 0 Å².